The molecule has 0 saturated carbocycles. The van der Waals surface area contributed by atoms with Gasteiger partial charge in [-0.3, -0.25) is 0 Å². The number of nitrogens with zero attached hydrogens (tertiary/aromatic N) is 1. The molecule has 80 valence electrons. The molecule has 0 fully saturated rings. The Morgan fingerprint density at radius 2 is 2.20 bits per heavy atom. The van der Waals surface area contributed by atoms with Gasteiger partial charge in [-0.2, -0.15) is 0 Å². The molecule has 15 heavy (non-hydrogen) atoms. The van der Waals surface area contributed by atoms with Crippen LogP contribution in [0.5, 0.6) is 0 Å². The van der Waals surface area contributed by atoms with E-state index >= 15 is 0 Å². The highest BCUT2D eigenvalue weighted by atomic mass is 19.1. The van der Waals surface area contributed by atoms with Gasteiger partial charge in [0.05, 0.1) is 0 Å². The van der Waals surface area contributed by atoms with E-state index in [1.165, 1.54) is 6.07 Å². The molecule has 2 nitrogen and oxygen atoms in total. The number of aryl methyl sites for hydroxylation is 1. The quantitative estimate of drug-likeness (QED) is 0.802. The van der Waals surface area contributed by atoms with Gasteiger partial charge in [0.15, 0.2) is 0 Å². The molecule has 1 heterocycles. The molecular weight excluding hydrogens is 191 g/mol. The first-order valence-corrected chi connectivity index (χ1v) is 5.07. The molecular formula is C12H15FN2. The van der Waals surface area contributed by atoms with Crippen LogP contribution >= 0.6 is 0 Å². The molecule has 2 rings (SSSR count). The summed E-state index contributed by atoms with van der Waals surface area (Å²) < 4.78 is 15.1. The first-order valence-electron chi connectivity index (χ1n) is 5.07. The summed E-state index contributed by atoms with van der Waals surface area (Å²) in [5.41, 5.74) is 7.92. The largest absolute Gasteiger partial charge is 0.350 e. The highest BCUT2D eigenvalue weighted by molar-refractivity contribution is 5.84. The van der Waals surface area contributed by atoms with E-state index in [2.05, 4.69) is 0 Å². The van der Waals surface area contributed by atoms with Gasteiger partial charge in [-0.15, -0.1) is 0 Å². The molecule has 0 radical (unpaired) electrons. The fraction of sp³-hybridized carbons (Fsp3) is 0.333. The van der Waals surface area contributed by atoms with Crippen LogP contribution in [0.25, 0.3) is 10.9 Å². The highest BCUT2D eigenvalue weighted by Crippen LogP contribution is 2.22. The lowest BCUT2D eigenvalue weighted by Crippen LogP contribution is -2.17. The Hall–Kier alpha value is -1.35. The van der Waals surface area contributed by atoms with Crippen molar-refractivity contribution < 1.29 is 4.39 Å². The predicted molar refractivity (Wildman–Crippen MR) is 60.2 cm³/mol. The van der Waals surface area contributed by atoms with Crippen molar-refractivity contribution in [3.8, 4) is 0 Å². The average molecular weight is 206 g/mol. The average Bonchev–Trinajstić information content (AvgIpc) is 2.42. The number of halogens is 1. The van der Waals surface area contributed by atoms with Gasteiger partial charge in [-0.1, -0.05) is 0 Å². The summed E-state index contributed by atoms with van der Waals surface area (Å²) >= 11 is 0. The first-order chi connectivity index (χ1) is 7.08. The monoisotopic (exact) mass is 206 g/mol. The molecule has 3 heteroatoms. The fourth-order valence-electron chi connectivity index (χ4n) is 1.96. The molecule has 0 bridgehead atoms. The van der Waals surface area contributed by atoms with Crippen LogP contribution in [0, 0.1) is 5.82 Å². The minimum absolute atomic E-state index is 0.0962. The highest BCUT2D eigenvalue weighted by Gasteiger charge is 2.08. The Bertz CT molecular complexity index is 486. The van der Waals surface area contributed by atoms with Gasteiger partial charge in [0.1, 0.15) is 5.82 Å². The molecule has 0 spiro atoms. The number of hydrogen-bond acceptors (Lipinski definition) is 1. The van der Waals surface area contributed by atoms with Crippen molar-refractivity contribution in [3.63, 3.8) is 0 Å². The first kappa shape index (κ1) is 10.2. The summed E-state index contributed by atoms with van der Waals surface area (Å²) in [5, 5.41) is 0.967. The van der Waals surface area contributed by atoms with Crippen molar-refractivity contribution in [2.24, 2.45) is 12.8 Å². The Kier molecular flexibility index (Phi) is 2.49. The van der Waals surface area contributed by atoms with Crippen LogP contribution in [0.2, 0.25) is 0 Å². The second-order valence-corrected chi connectivity index (χ2v) is 4.11. The Morgan fingerprint density at radius 1 is 1.47 bits per heavy atom. The molecule has 2 N–H and O–H groups in total. The van der Waals surface area contributed by atoms with Gasteiger partial charge in [0.2, 0.25) is 0 Å². The lowest BCUT2D eigenvalue weighted by molar-refractivity contribution is 0.629. The van der Waals surface area contributed by atoms with E-state index in [9.17, 15) is 4.39 Å². The third kappa shape index (κ3) is 1.88. The van der Waals surface area contributed by atoms with Crippen molar-refractivity contribution in [2.45, 2.75) is 19.4 Å². The molecule has 1 atom stereocenters. The lowest BCUT2D eigenvalue weighted by Gasteiger charge is -2.02. The van der Waals surface area contributed by atoms with Crippen LogP contribution in [0.15, 0.2) is 24.4 Å². The maximum absolute atomic E-state index is 13.1. The Morgan fingerprint density at radius 3 is 2.87 bits per heavy atom. The maximum atomic E-state index is 13.1. The smallest absolute Gasteiger partial charge is 0.123 e. The zero-order valence-corrected chi connectivity index (χ0v) is 9.00. The van der Waals surface area contributed by atoms with Crippen LogP contribution in [0.4, 0.5) is 4.39 Å². The van der Waals surface area contributed by atoms with Crippen molar-refractivity contribution in [2.75, 3.05) is 0 Å². The molecule has 0 unspecified atom stereocenters. The second-order valence-electron chi connectivity index (χ2n) is 4.11. The number of aromatic nitrogens is 1. The molecule has 0 aliphatic rings. The summed E-state index contributed by atoms with van der Waals surface area (Å²) in [4.78, 5) is 0. The van der Waals surface area contributed by atoms with Crippen LogP contribution in [0.1, 0.15) is 12.5 Å². The molecule has 1 aromatic carbocycles. The Balaban J connectivity index is 2.59. The van der Waals surface area contributed by atoms with Crippen molar-refractivity contribution in [3.05, 3.63) is 35.8 Å². The van der Waals surface area contributed by atoms with E-state index < -0.39 is 0 Å². The number of benzene rings is 1. The number of fused-ring (bicyclic) bond motifs is 1. The number of nitrogens with two attached hydrogens (primary N) is 1. The maximum Gasteiger partial charge on any atom is 0.123 e. The minimum atomic E-state index is -0.195. The molecule has 0 amide bonds. The van der Waals surface area contributed by atoms with E-state index in [-0.39, 0.29) is 11.9 Å². The number of hydrogen-bond donors (Lipinski definition) is 1. The van der Waals surface area contributed by atoms with Gasteiger partial charge in [0.25, 0.3) is 0 Å². The number of rotatable bonds is 2. The summed E-state index contributed by atoms with van der Waals surface area (Å²) in [6.45, 7) is 1.96. The molecule has 2 aromatic rings. The summed E-state index contributed by atoms with van der Waals surface area (Å²) in [5.74, 6) is -0.195. The van der Waals surface area contributed by atoms with E-state index in [1.54, 1.807) is 12.1 Å². The summed E-state index contributed by atoms with van der Waals surface area (Å²) in [7, 11) is 1.96. The molecule has 0 aliphatic heterocycles. The van der Waals surface area contributed by atoms with E-state index in [4.69, 9.17) is 5.73 Å². The standard InChI is InChI=1S/C12H15FN2/c1-8(14)5-9-7-15(2)12-4-3-10(13)6-11(9)12/h3-4,6-8H,5,14H2,1-2H3/t8-/m0/s1. The zero-order valence-electron chi connectivity index (χ0n) is 9.00. The predicted octanol–water partition coefficient (Wildman–Crippen LogP) is 2.21. The lowest BCUT2D eigenvalue weighted by atomic mass is 10.1. The third-order valence-corrected chi connectivity index (χ3v) is 2.58. The van der Waals surface area contributed by atoms with Gasteiger partial charge in [0, 0.05) is 30.2 Å². The van der Waals surface area contributed by atoms with Gasteiger partial charge in [-0.25, -0.2) is 4.39 Å². The third-order valence-electron chi connectivity index (χ3n) is 2.58. The van der Waals surface area contributed by atoms with E-state index in [0.29, 0.717) is 0 Å². The Labute approximate surface area is 88.5 Å². The second kappa shape index (κ2) is 3.66. The molecule has 0 aliphatic carbocycles. The van der Waals surface area contributed by atoms with Gasteiger partial charge in [-0.05, 0) is 37.1 Å². The van der Waals surface area contributed by atoms with Gasteiger partial charge >= 0.3 is 0 Å². The SMILES string of the molecule is C[C@H](N)Cc1cn(C)c2ccc(F)cc12. The van der Waals surface area contributed by atoms with Crippen molar-refractivity contribution in [1.29, 1.82) is 0 Å². The minimum Gasteiger partial charge on any atom is -0.350 e. The van der Waals surface area contributed by atoms with Crippen molar-refractivity contribution >= 4 is 10.9 Å². The molecule has 1 aromatic heterocycles. The summed E-state index contributed by atoms with van der Waals surface area (Å²) in [6, 6.07) is 4.96. The van der Waals surface area contributed by atoms with Crippen LogP contribution in [0.3, 0.4) is 0 Å². The molecule has 0 saturated heterocycles. The van der Waals surface area contributed by atoms with Crippen LogP contribution in [-0.4, -0.2) is 10.6 Å². The van der Waals surface area contributed by atoms with Crippen LogP contribution in [-0.2, 0) is 13.5 Å². The summed E-state index contributed by atoms with van der Waals surface area (Å²) in [6.07, 6.45) is 2.80. The van der Waals surface area contributed by atoms with E-state index in [0.717, 1.165) is 22.9 Å². The topological polar surface area (TPSA) is 30.9 Å². The van der Waals surface area contributed by atoms with E-state index in [1.807, 2.05) is 24.7 Å². The normalized spacial score (nSPS) is 13.3. The zero-order chi connectivity index (χ0) is 11.0. The van der Waals surface area contributed by atoms with Crippen molar-refractivity contribution in [1.82, 2.24) is 4.57 Å². The van der Waals surface area contributed by atoms with Crippen LogP contribution < -0.4 is 5.73 Å². The van der Waals surface area contributed by atoms with Gasteiger partial charge < -0.3 is 10.3 Å². The fourth-order valence-corrected chi connectivity index (χ4v) is 1.96.